The molecule has 0 spiro atoms. The molecule has 1 rings (SSSR count). The van der Waals surface area contributed by atoms with Gasteiger partial charge in [0.15, 0.2) is 0 Å². The Kier molecular flexibility index (Phi) is 0.424. The number of hydrogen-bond acceptors (Lipinski definition) is 1. The van der Waals surface area contributed by atoms with Gasteiger partial charge in [-0.3, -0.25) is 4.79 Å². The van der Waals surface area contributed by atoms with Crippen molar-refractivity contribution < 1.29 is 13.7 Å². The molecule has 0 aromatic carbocycles. The molecule has 1 N–H and O–H groups in total. The summed E-state index contributed by atoms with van der Waals surface area (Å²) in [4.78, 5) is 13.2. The van der Waals surface area contributed by atoms with E-state index < -0.39 is 49.0 Å². The SMILES string of the molecule is [2H]c1[nH]c(=O)c([2H])c(C([2H])(C([2H])([2H])[2H])C([2H])([2H])[2H])c1[2H]. The standard InChI is InChI=1S/C8H11NO/c1-6(2)7-3-4-9-8(10)5-7/h3-6H,1-2H3,(H,9,10)/i1D3,2D3,3D,4D,5D,6D. The maximum atomic E-state index is 11.4. The molecular weight excluding hydrogens is 126 g/mol. The lowest BCUT2D eigenvalue weighted by molar-refractivity contribution is 0.859. The lowest BCUT2D eigenvalue weighted by Crippen LogP contribution is -2.04. The lowest BCUT2D eigenvalue weighted by Gasteiger charge is -2.01. The van der Waals surface area contributed by atoms with Crippen LogP contribution >= 0.6 is 0 Å². The number of nitrogens with one attached hydrogen (secondary N) is 1. The average Bonchev–Trinajstić information content (AvgIpc) is 2.23. The van der Waals surface area contributed by atoms with Gasteiger partial charge in [0.1, 0.15) is 0 Å². The highest BCUT2D eigenvalue weighted by molar-refractivity contribution is 5.13. The van der Waals surface area contributed by atoms with Crippen LogP contribution in [-0.4, -0.2) is 4.98 Å². The molecule has 0 radical (unpaired) electrons. The fourth-order valence-electron chi connectivity index (χ4n) is 0.452. The van der Waals surface area contributed by atoms with Crippen molar-refractivity contribution in [2.24, 2.45) is 0 Å². The lowest BCUT2D eigenvalue weighted by atomic mass is 10.1. The van der Waals surface area contributed by atoms with E-state index in [-0.39, 0.29) is 0 Å². The monoisotopic (exact) mass is 147 g/mol. The highest BCUT2D eigenvalue weighted by atomic mass is 16.1. The molecule has 0 saturated carbocycles. The molecule has 0 aliphatic carbocycles. The Morgan fingerprint density at radius 2 is 2.70 bits per heavy atom. The molecule has 2 nitrogen and oxygen atoms in total. The Morgan fingerprint density at radius 1 is 1.90 bits per heavy atom. The smallest absolute Gasteiger partial charge is 0.248 e. The summed E-state index contributed by atoms with van der Waals surface area (Å²) in [5, 5.41) is 0. The summed E-state index contributed by atoms with van der Waals surface area (Å²) in [6.07, 6.45) is -0.842. The topological polar surface area (TPSA) is 32.9 Å². The van der Waals surface area contributed by atoms with Crippen LogP contribution in [0.5, 0.6) is 0 Å². The van der Waals surface area contributed by atoms with Crippen LogP contribution < -0.4 is 5.56 Å². The van der Waals surface area contributed by atoms with Gasteiger partial charge < -0.3 is 4.98 Å². The van der Waals surface area contributed by atoms with E-state index in [1.54, 1.807) is 0 Å². The van der Waals surface area contributed by atoms with Crippen LogP contribution in [0.4, 0.5) is 0 Å². The van der Waals surface area contributed by atoms with Gasteiger partial charge in [-0.25, -0.2) is 0 Å². The normalized spacial score (nSPS) is 28.4. The number of aromatic amines is 1. The second kappa shape index (κ2) is 2.69. The van der Waals surface area contributed by atoms with Crippen molar-refractivity contribution in [3.05, 3.63) is 34.2 Å². The fourth-order valence-corrected chi connectivity index (χ4v) is 0.452. The second-order valence-corrected chi connectivity index (χ2v) is 1.58. The number of H-pyrrole nitrogens is 1. The highest BCUT2D eigenvalue weighted by Crippen LogP contribution is 2.09. The molecule has 1 aromatic heterocycles. The Hall–Kier alpha value is -1.05. The maximum absolute atomic E-state index is 11.4. The fraction of sp³-hybridized carbons (Fsp3) is 0.375. The van der Waals surface area contributed by atoms with Crippen molar-refractivity contribution in [3.8, 4) is 0 Å². The molecular formula is C8H11NO. The molecule has 54 valence electrons. The average molecular weight is 147 g/mol. The first-order chi connectivity index (χ1) is 8.75. The van der Waals surface area contributed by atoms with Crippen LogP contribution in [0.3, 0.4) is 0 Å². The number of rotatable bonds is 1. The highest BCUT2D eigenvalue weighted by Gasteiger charge is 1.96. The molecule has 0 atom stereocenters. The van der Waals surface area contributed by atoms with Crippen molar-refractivity contribution in [2.45, 2.75) is 19.6 Å². The Morgan fingerprint density at radius 3 is 3.40 bits per heavy atom. The van der Waals surface area contributed by atoms with Crippen molar-refractivity contribution in [1.29, 1.82) is 0 Å². The zero-order valence-corrected chi connectivity index (χ0v) is 4.91. The minimum absolute atomic E-state index is 0.842. The van der Waals surface area contributed by atoms with Gasteiger partial charge in [-0.2, -0.15) is 0 Å². The van der Waals surface area contributed by atoms with E-state index >= 15 is 0 Å². The minimum Gasteiger partial charge on any atom is -0.329 e. The van der Waals surface area contributed by atoms with E-state index in [1.807, 2.05) is 4.98 Å². The van der Waals surface area contributed by atoms with Gasteiger partial charge in [0.05, 0.1) is 4.11 Å². The van der Waals surface area contributed by atoms with Crippen molar-refractivity contribution in [3.63, 3.8) is 0 Å². The zero-order valence-electron chi connectivity index (χ0n) is 14.9. The van der Waals surface area contributed by atoms with E-state index in [9.17, 15) is 4.79 Å². The molecule has 0 amide bonds. The molecule has 0 unspecified atom stereocenters. The maximum Gasteiger partial charge on any atom is 0.248 e. The van der Waals surface area contributed by atoms with Crippen LogP contribution in [-0.2, 0) is 0 Å². The molecule has 1 heterocycles. The van der Waals surface area contributed by atoms with E-state index in [1.165, 1.54) is 0 Å². The zero-order chi connectivity index (χ0) is 16.1. The number of aromatic nitrogens is 1. The predicted molar refractivity (Wildman–Crippen MR) is 41.2 cm³/mol. The van der Waals surface area contributed by atoms with Crippen LogP contribution in [0.1, 0.15) is 38.9 Å². The quantitative estimate of drug-likeness (QED) is 0.641. The van der Waals surface area contributed by atoms with Gasteiger partial charge in [-0.05, 0) is 17.5 Å². The van der Waals surface area contributed by atoms with Gasteiger partial charge in [-0.1, -0.05) is 13.7 Å². The van der Waals surface area contributed by atoms with Gasteiger partial charge in [0.2, 0.25) is 5.56 Å². The predicted octanol–water partition coefficient (Wildman–Crippen LogP) is 1.50. The molecule has 0 aliphatic heterocycles. The first kappa shape index (κ1) is 1.58. The van der Waals surface area contributed by atoms with Gasteiger partial charge in [-0.15, -0.1) is 0 Å². The Labute approximate surface area is 74.0 Å². The van der Waals surface area contributed by atoms with Crippen LogP contribution in [0.15, 0.2) is 23.1 Å². The largest absolute Gasteiger partial charge is 0.329 e. The summed E-state index contributed by atoms with van der Waals surface area (Å²) in [5.41, 5.74) is -2.31. The molecule has 0 fully saturated rings. The third-order valence-corrected chi connectivity index (χ3v) is 0.852. The third kappa shape index (κ3) is 1.47. The summed E-state index contributed by atoms with van der Waals surface area (Å²) in [7, 11) is 0. The van der Waals surface area contributed by atoms with Gasteiger partial charge in [0, 0.05) is 21.8 Å². The van der Waals surface area contributed by atoms with E-state index in [4.69, 9.17) is 13.7 Å². The van der Waals surface area contributed by atoms with Gasteiger partial charge in [0.25, 0.3) is 0 Å². The summed E-state index contributed by atoms with van der Waals surface area (Å²) in [6.45, 7) is -6.83. The molecule has 10 heavy (non-hydrogen) atoms. The summed E-state index contributed by atoms with van der Waals surface area (Å²) >= 11 is 0. The van der Waals surface area contributed by atoms with E-state index in [2.05, 4.69) is 0 Å². The first-order valence-electron chi connectivity index (χ1n) is 7.45. The minimum atomic E-state index is -3.41. The molecule has 1 aromatic rings. The molecule has 2 heteroatoms. The third-order valence-electron chi connectivity index (χ3n) is 0.852. The first-order valence-corrected chi connectivity index (χ1v) is 2.45. The molecule has 0 bridgehead atoms. The molecule has 0 aliphatic rings. The summed E-state index contributed by atoms with van der Waals surface area (Å²) < 4.78 is 73.7. The van der Waals surface area contributed by atoms with E-state index in [0.29, 0.717) is 0 Å². The summed E-state index contributed by atoms with van der Waals surface area (Å²) in [5.74, 6) is -3.34. The molecule has 0 saturated heterocycles. The van der Waals surface area contributed by atoms with Gasteiger partial charge >= 0.3 is 0 Å². The van der Waals surface area contributed by atoms with Crippen LogP contribution in [0, 0.1) is 0 Å². The second-order valence-electron chi connectivity index (χ2n) is 1.58. The van der Waals surface area contributed by atoms with Crippen molar-refractivity contribution in [1.82, 2.24) is 4.98 Å². The number of pyridine rings is 1. The number of hydrogen-bond donors (Lipinski definition) is 1. The van der Waals surface area contributed by atoms with E-state index in [0.717, 1.165) is 0 Å². The summed E-state index contributed by atoms with van der Waals surface area (Å²) in [6, 6.07) is -2.06. The van der Waals surface area contributed by atoms with Crippen LogP contribution in [0.25, 0.3) is 0 Å². The van der Waals surface area contributed by atoms with Crippen LogP contribution in [0.2, 0.25) is 0 Å². The Balaban J connectivity index is 3.92. The Bertz CT molecular complexity index is 569. The van der Waals surface area contributed by atoms with Crippen molar-refractivity contribution >= 4 is 0 Å². The van der Waals surface area contributed by atoms with Crippen molar-refractivity contribution in [2.75, 3.05) is 0 Å².